The van der Waals surface area contributed by atoms with Gasteiger partial charge in [0.05, 0.1) is 24.9 Å². The molecule has 4 atom stereocenters. The molecule has 5 heteroatoms. The molecule has 1 heterocycles. The molecule has 0 saturated carbocycles. The number of thiophene rings is 1. The second kappa shape index (κ2) is 5.95. The van der Waals surface area contributed by atoms with E-state index in [9.17, 15) is 15.3 Å². The number of nitrogens with one attached hydrogen (secondary N) is 1. The van der Waals surface area contributed by atoms with E-state index in [1.54, 1.807) is 24.3 Å². The Hall–Kier alpha value is -0.720. The molecule has 0 fully saturated rings. The van der Waals surface area contributed by atoms with Gasteiger partial charge < -0.3 is 20.6 Å². The third kappa shape index (κ3) is 2.81. The molecule has 18 heavy (non-hydrogen) atoms. The van der Waals surface area contributed by atoms with Gasteiger partial charge in [-0.2, -0.15) is 0 Å². The maximum atomic E-state index is 10.1. The molecule has 0 aromatic carbocycles. The second-order valence-corrected chi connectivity index (χ2v) is 5.71. The number of hydrogen-bond donors (Lipinski definition) is 4. The third-order valence-corrected chi connectivity index (χ3v) is 4.33. The Balaban J connectivity index is 2.04. The van der Waals surface area contributed by atoms with E-state index in [1.165, 1.54) is 4.88 Å². The first kappa shape index (κ1) is 13.7. The molecule has 0 saturated heterocycles. The van der Waals surface area contributed by atoms with Crippen molar-refractivity contribution in [3.8, 4) is 0 Å². The maximum Gasteiger partial charge on any atom is 0.0823 e. The van der Waals surface area contributed by atoms with E-state index in [-0.39, 0.29) is 18.6 Å². The van der Waals surface area contributed by atoms with Gasteiger partial charge >= 0.3 is 0 Å². The lowest BCUT2D eigenvalue weighted by Crippen LogP contribution is -2.49. The molecule has 0 aliphatic heterocycles. The zero-order chi connectivity index (χ0) is 13.1. The summed E-state index contributed by atoms with van der Waals surface area (Å²) in [6.07, 6.45) is 0.336. The molecular formula is C13H19NO3S. The van der Waals surface area contributed by atoms with E-state index in [0.29, 0.717) is 12.1 Å². The van der Waals surface area contributed by atoms with Crippen molar-refractivity contribution in [2.75, 3.05) is 6.61 Å². The van der Waals surface area contributed by atoms with Gasteiger partial charge in [-0.05, 0) is 17.0 Å². The molecular weight excluding hydrogens is 250 g/mol. The molecule has 0 amide bonds. The third-order valence-electron chi connectivity index (χ3n) is 3.45. The summed E-state index contributed by atoms with van der Waals surface area (Å²) in [7, 11) is 0. The van der Waals surface area contributed by atoms with Crippen LogP contribution < -0.4 is 5.32 Å². The van der Waals surface area contributed by atoms with Crippen LogP contribution in [0.2, 0.25) is 0 Å². The summed E-state index contributed by atoms with van der Waals surface area (Å²) in [6, 6.07) is 3.79. The summed E-state index contributed by atoms with van der Waals surface area (Å²) in [5, 5.41) is 34.4. The second-order valence-electron chi connectivity index (χ2n) is 4.68. The van der Waals surface area contributed by atoms with Crippen molar-refractivity contribution in [3.63, 3.8) is 0 Å². The normalized spacial score (nSPS) is 32.3. The van der Waals surface area contributed by atoms with Crippen LogP contribution in [-0.4, -0.2) is 40.2 Å². The first-order chi connectivity index (χ1) is 8.63. The molecule has 0 radical (unpaired) electrons. The zero-order valence-corrected chi connectivity index (χ0v) is 11.1. The monoisotopic (exact) mass is 269 g/mol. The maximum absolute atomic E-state index is 10.1. The molecule has 1 unspecified atom stereocenters. The average molecular weight is 269 g/mol. The topological polar surface area (TPSA) is 72.7 Å². The summed E-state index contributed by atoms with van der Waals surface area (Å²) < 4.78 is 0. The SMILES string of the molecule is CC1[C@H](O)C(CO)=C[C@H](NCc2cccs2)[C@@H]1O. The lowest BCUT2D eigenvalue weighted by molar-refractivity contribution is 0.0100. The van der Waals surface area contributed by atoms with Crippen molar-refractivity contribution in [1.29, 1.82) is 0 Å². The fourth-order valence-corrected chi connectivity index (χ4v) is 2.89. The van der Waals surface area contributed by atoms with Crippen molar-refractivity contribution in [2.45, 2.75) is 31.7 Å². The Bertz CT molecular complexity index is 404. The van der Waals surface area contributed by atoms with Gasteiger partial charge in [0, 0.05) is 17.3 Å². The summed E-state index contributed by atoms with van der Waals surface area (Å²) in [5.41, 5.74) is 0.580. The van der Waals surface area contributed by atoms with Crippen molar-refractivity contribution in [2.24, 2.45) is 5.92 Å². The van der Waals surface area contributed by atoms with Crippen LogP contribution >= 0.6 is 11.3 Å². The van der Waals surface area contributed by atoms with Gasteiger partial charge in [-0.15, -0.1) is 11.3 Å². The van der Waals surface area contributed by atoms with Crippen molar-refractivity contribution >= 4 is 11.3 Å². The number of rotatable bonds is 4. The van der Waals surface area contributed by atoms with E-state index in [0.717, 1.165) is 0 Å². The molecule has 4 N–H and O–H groups in total. The van der Waals surface area contributed by atoms with Crippen LogP contribution in [0.3, 0.4) is 0 Å². The summed E-state index contributed by atoms with van der Waals surface area (Å²) in [4.78, 5) is 1.19. The summed E-state index contributed by atoms with van der Waals surface area (Å²) in [6.45, 7) is 2.30. The Kier molecular flexibility index (Phi) is 4.53. The molecule has 0 bridgehead atoms. The van der Waals surface area contributed by atoms with E-state index in [4.69, 9.17) is 0 Å². The minimum Gasteiger partial charge on any atom is -0.392 e. The van der Waals surface area contributed by atoms with Gasteiger partial charge in [0.25, 0.3) is 0 Å². The van der Waals surface area contributed by atoms with Crippen LogP contribution in [0.1, 0.15) is 11.8 Å². The van der Waals surface area contributed by atoms with Crippen LogP contribution in [0.25, 0.3) is 0 Å². The fraction of sp³-hybridized carbons (Fsp3) is 0.538. The predicted octanol–water partition coefficient (Wildman–Crippen LogP) is 0.496. The predicted molar refractivity (Wildman–Crippen MR) is 71.3 cm³/mol. The van der Waals surface area contributed by atoms with Crippen molar-refractivity contribution in [3.05, 3.63) is 34.0 Å². The van der Waals surface area contributed by atoms with Crippen molar-refractivity contribution < 1.29 is 15.3 Å². The lowest BCUT2D eigenvalue weighted by Gasteiger charge is -2.35. The Morgan fingerprint density at radius 1 is 1.39 bits per heavy atom. The van der Waals surface area contributed by atoms with Crippen LogP contribution in [-0.2, 0) is 6.54 Å². The number of hydrogen-bond acceptors (Lipinski definition) is 5. The van der Waals surface area contributed by atoms with Gasteiger partial charge in [-0.3, -0.25) is 0 Å². The smallest absolute Gasteiger partial charge is 0.0823 e. The Morgan fingerprint density at radius 2 is 2.17 bits per heavy atom. The highest BCUT2D eigenvalue weighted by atomic mass is 32.1. The molecule has 100 valence electrons. The molecule has 1 aromatic rings. The van der Waals surface area contributed by atoms with Gasteiger partial charge in [-0.25, -0.2) is 0 Å². The molecule has 1 aromatic heterocycles. The fourth-order valence-electron chi connectivity index (χ4n) is 2.24. The van der Waals surface area contributed by atoms with Crippen LogP contribution in [0.5, 0.6) is 0 Å². The summed E-state index contributed by atoms with van der Waals surface area (Å²) >= 11 is 1.66. The highest BCUT2D eigenvalue weighted by molar-refractivity contribution is 7.09. The minimum absolute atomic E-state index is 0.171. The quantitative estimate of drug-likeness (QED) is 0.601. The largest absolute Gasteiger partial charge is 0.392 e. The molecule has 1 aliphatic rings. The van der Waals surface area contributed by atoms with Gasteiger partial charge in [0.15, 0.2) is 0 Å². The van der Waals surface area contributed by atoms with Gasteiger partial charge in [0.1, 0.15) is 0 Å². The molecule has 4 nitrogen and oxygen atoms in total. The van der Waals surface area contributed by atoms with Gasteiger partial charge in [0.2, 0.25) is 0 Å². The van der Waals surface area contributed by atoms with E-state index >= 15 is 0 Å². The number of aliphatic hydroxyl groups excluding tert-OH is 3. The van der Waals surface area contributed by atoms with Gasteiger partial charge in [-0.1, -0.05) is 19.1 Å². The average Bonchev–Trinajstić information content (AvgIpc) is 2.88. The highest BCUT2D eigenvalue weighted by Gasteiger charge is 2.34. The molecule has 1 aliphatic carbocycles. The zero-order valence-electron chi connectivity index (χ0n) is 10.3. The summed E-state index contributed by atoms with van der Waals surface area (Å²) in [5.74, 6) is -0.280. The van der Waals surface area contributed by atoms with Crippen LogP contribution in [0.4, 0.5) is 0 Å². The minimum atomic E-state index is -0.759. The van der Waals surface area contributed by atoms with Crippen LogP contribution in [0, 0.1) is 5.92 Å². The van der Waals surface area contributed by atoms with Crippen molar-refractivity contribution in [1.82, 2.24) is 5.32 Å². The lowest BCUT2D eigenvalue weighted by atomic mass is 9.82. The number of aliphatic hydroxyl groups is 3. The molecule has 2 rings (SSSR count). The van der Waals surface area contributed by atoms with Crippen LogP contribution in [0.15, 0.2) is 29.2 Å². The first-order valence-electron chi connectivity index (χ1n) is 6.07. The first-order valence-corrected chi connectivity index (χ1v) is 6.94. The Morgan fingerprint density at radius 3 is 2.78 bits per heavy atom. The van der Waals surface area contributed by atoms with E-state index < -0.39 is 12.2 Å². The van der Waals surface area contributed by atoms with E-state index in [1.807, 2.05) is 17.5 Å². The Labute approximate surface area is 111 Å². The highest BCUT2D eigenvalue weighted by Crippen LogP contribution is 2.25. The molecule has 0 spiro atoms. The van der Waals surface area contributed by atoms with E-state index in [2.05, 4.69) is 5.32 Å². The standard InChI is InChI=1S/C13H19NO3S/c1-8-12(16)9(7-15)5-11(13(8)17)14-6-10-3-2-4-18-10/h2-5,8,11-17H,6-7H2,1H3/t8?,11-,12-,13+/m0/s1.